The summed E-state index contributed by atoms with van der Waals surface area (Å²) in [6, 6.07) is 7.20. The molecule has 0 aliphatic heterocycles. The van der Waals surface area contributed by atoms with Crippen LogP contribution in [0.3, 0.4) is 0 Å². The van der Waals surface area contributed by atoms with Crippen molar-refractivity contribution in [3.8, 4) is 5.75 Å². The smallest absolute Gasteiger partial charge is 0.166 e. The van der Waals surface area contributed by atoms with E-state index in [0.717, 1.165) is 12.0 Å². The molecule has 0 bridgehead atoms. The summed E-state index contributed by atoms with van der Waals surface area (Å²) >= 11 is 0. The van der Waals surface area contributed by atoms with Gasteiger partial charge in [-0.2, -0.15) is 5.10 Å². The zero-order valence-corrected chi connectivity index (χ0v) is 16.7. The second-order valence-electron chi connectivity index (χ2n) is 7.52. The first-order valence-corrected chi connectivity index (χ1v) is 9.46. The number of benzene rings is 1. The van der Waals surface area contributed by atoms with Crippen molar-refractivity contribution in [2.45, 2.75) is 51.7 Å². The Bertz CT molecular complexity index is 740. The minimum Gasteiger partial charge on any atom is -0.490 e. The topological polar surface area (TPSA) is 76.4 Å². The maximum absolute atomic E-state index is 12.6. The summed E-state index contributed by atoms with van der Waals surface area (Å²) in [5, 5.41) is 17.6. The molecule has 0 radical (unpaired) electrons. The fourth-order valence-corrected chi connectivity index (χ4v) is 2.58. The number of aliphatic hydroxyl groups excluding tert-OH is 1. The van der Waals surface area contributed by atoms with Crippen molar-refractivity contribution < 1.29 is 14.6 Å². The van der Waals surface area contributed by atoms with Crippen molar-refractivity contribution in [3.05, 3.63) is 47.8 Å². The van der Waals surface area contributed by atoms with Crippen LogP contribution in [0.1, 0.15) is 49.5 Å². The molecule has 0 fully saturated rings. The van der Waals surface area contributed by atoms with E-state index in [9.17, 15) is 9.90 Å². The molecule has 0 amide bonds. The number of hydrogen-bond donors (Lipinski definition) is 2. The lowest BCUT2D eigenvalue weighted by atomic mass is 10.0. The highest BCUT2D eigenvalue weighted by molar-refractivity contribution is 5.98. The van der Waals surface area contributed by atoms with Crippen LogP contribution in [0.5, 0.6) is 5.75 Å². The van der Waals surface area contributed by atoms with Gasteiger partial charge in [-0.25, -0.2) is 0 Å². The maximum atomic E-state index is 12.6. The molecule has 27 heavy (non-hydrogen) atoms. The van der Waals surface area contributed by atoms with Gasteiger partial charge in [-0.05, 0) is 44.4 Å². The van der Waals surface area contributed by atoms with Crippen molar-refractivity contribution >= 4 is 5.78 Å². The monoisotopic (exact) mass is 373 g/mol. The number of rotatable bonds is 11. The van der Waals surface area contributed by atoms with E-state index < -0.39 is 6.10 Å². The van der Waals surface area contributed by atoms with Crippen molar-refractivity contribution in [1.82, 2.24) is 15.1 Å². The summed E-state index contributed by atoms with van der Waals surface area (Å²) in [7, 11) is 1.86. The Morgan fingerprint density at radius 1 is 1.37 bits per heavy atom. The Morgan fingerprint density at radius 2 is 2.11 bits per heavy atom. The van der Waals surface area contributed by atoms with Crippen LogP contribution in [0.2, 0.25) is 0 Å². The minimum atomic E-state index is -0.644. The van der Waals surface area contributed by atoms with E-state index in [1.807, 2.05) is 25.4 Å². The van der Waals surface area contributed by atoms with Gasteiger partial charge >= 0.3 is 0 Å². The van der Waals surface area contributed by atoms with Crippen LogP contribution in [0.25, 0.3) is 0 Å². The first-order chi connectivity index (χ1) is 12.8. The molecule has 0 aliphatic rings. The highest BCUT2D eigenvalue weighted by atomic mass is 16.5. The number of nitrogens with zero attached hydrogens (tertiary/aromatic N) is 2. The molecule has 1 unspecified atom stereocenters. The number of nitrogens with one attached hydrogen (secondary N) is 1. The average molecular weight is 373 g/mol. The van der Waals surface area contributed by atoms with E-state index in [2.05, 4.69) is 31.2 Å². The SMILES string of the molecule is CCC(C)(C)NCC(O)COc1ccccc1C(=O)CCc1cnn(C)c1. The Kier molecular flexibility index (Phi) is 7.56. The van der Waals surface area contributed by atoms with Gasteiger partial charge in [-0.1, -0.05) is 19.1 Å². The number of para-hydroxylation sites is 1. The van der Waals surface area contributed by atoms with E-state index in [0.29, 0.717) is 30.7 Å². The fraction of sp³-hybridized carbons (Fsp3) is 0.524. The molecule has 2 N–H and O–H groups in total. The predicted octanol–water partition coefficient (Wildman–Crippen LogP) is 2.75. The largest absolute Gasteiger partial charge is 0.490 e. The molecule has 0 aliphatic carbocycles. The van der Waals surface area contributed by atoms with Gasteiger partial charge in [0.25, 0.3) is 0 Å². The van der Waals surface area contributed by atoms with Crippen LogP contribution in [0, 0.1) is 0 Å². The number of aromatic nitrogens is 2. The molecule has 1 atom stereocenters. The van der Waals surface area contributed by atoms with Gasteiger partial charge in [-0.3, -0.25) is 9.48 Å². The van der Waals surface area contributed by atoms with E-state index in [1.165, 1.54) is 0 Å². The minimum absolute atomic E-state index is 0.0224. The highest BCUT2D eigenvalue weighted by Gasteiger charge is 2.17. The lowest BCUT2D eigenvalue weighted by molar-refractivity contribution is 0.0927. The van der Waals surface area contributed by atoms with Crippen LogP contribution in [0.15, 0.2) is 36.7 Å². The Morgan fingerprint density at radius 3 is 2.78 bits per heavy atom. The van der Waals surface area contributed by atoms with Gasteiger partial charge in [0.15, 0.2) is 5.78 Å². The Hall–Kier alpha value is -2.18. The van der Waals surface area contributed by atoms with Gasteiger partial charge in [-0.15, -0.1) is 0 Å². The molecular weight excluding hydrogens is 342 g/mol. The Labute approximate surface area is 161 Å². The van der Waals surface area contributed by atoms with E-state index in [1.54, 1.807) is 23.0 Å². The van der Waals surface area contributed by atoms with E-state index in [4.69, 9.17) is 4.74 Å². The molecule has 6 nitrogen and oxygen atoms in total. The van der Waals surface area contributed by atoms with Crippen LogP contribution in [-0.4, -0.2) is 45.5 Å². The number of Topliss-reactive ketones (excluding diaryl/α,β-unsaturated/α-hetero) is 1. The van der Waals surface area contributed by atoms with Gasteiger partial charge in [0.05, 0.1) is 11.8 Å². The number of β-amino-alcohol motifs (C(OH)–C–C–N with tert-alkyl or cyclic N) is 1. The van der Waals surface area contributed by atoms with Crippen molar-refractivity contribution in [2.24, 2.45) is 7.05 Å². The lowest BCUT2D eigenvalue weighted by Crippen LogP contribution is -2.44. The molecule has 1 aromatic heterocycles. The molecule has 0 saturated heterocycles. The zero-order chi connectivity index (χ0) is 19.9. The number of ether oxygens (including phenoxy) is 1. The highest BCUT2D eigenvalue weighted by Crippen LogP contribution is 2.21. The van der Waals surface area contributed by atoms with Crippen LogP contribution in [-0.2, 0) is 13.5 Å². The van der Waals surface area contributed by atoms with Gasteiger partial charge < -0.3 is 15.2 Å². The number of ketones is 1. The third-order valence-corrected chi connectivity index (χ3v) is 4.72. The molecule has 1 aromatic carbocycles. The van der Waals surface area contributed by atoms with Gasteiger partial charge in [0, 0.05) is 31.7 Å². The third-order valence-electron chi connectivity index (χ3n) is 4.72. The predicted molar refractivity (Wildman–Crippen MR) is 106 cm³/mol. The van der Waals surface area contributed by atoms with Crippen LogP contribution in [0.4, 0.5) is 0 Å². The number of aliphatic hydroxyl groups is 1. The summed E-state index contributed by atoms with van der Waals surface area (Å²) in [4.78, 5) is 12.6. The summed E-state index contributed by atoms with van der Waals surface area (Å²) < 4.78 is 7.48. The molecule has 0 saturated carbocycles. The second-order valence-corrected chi connectivity index (χ2v) is 7.52. The first kappa shape index (κ1) is 21.1. The normalized spacial score (nSPS) is 12.8. The number of hydrogen-bond acceptors (Lipinski definition) is 5. The third kappa shape index (κ3) is 6.81. The van der Waals surface area contributed by atoms with Crippen LogP contribution >= 0.6 is 0 Å². The number of carbonyl (C=O) groups is 1. The second kappa shape index (κ2) is 9.67. The fourth-order valence-electron chi connectivity index (χ4n) is 2.58. The van der Waals surface area contributed by atoms with E-state index in [-0.39, 0.29) is 17.9 Å². The molecule has 2 rings (SSSR count). The van der Waals surface area contributed by atoms with Crippen molar-refractivity contribution in [1.29, 1.82) is 0 Å². The quantitative estimate of drug-likeness (QED) is 0.592. The number of carbonyl (C=O) groups excluding carboxylic acids is 1. The summed E-state index contributed by atoms with van der Waals surface area (Å²) in [6.45, 7) is 6.87. The summed E-state index contributed by atoms with van der Waals surface area (Å²) in [5.41, 5.74) is 1.56. The number of aryl methyl sites for hydroxylation is 2. The molecule has 148 valence electrons. The molecular formula is C21H31N3O3. The molecule has 2 aromatic rings. The van der Waals surface area contributed by atoms with Gasteiger partial charge in [0.2, 0.25) is 0 Å². The Balaban J connectivity index is 1.89. The van der Waals surface area contributed by atoms with E-state index >= 15 is 0 Å². The standard InChI is InChI=1S/C21H31N3O3/c1-5-21(2,3)22-13-17(25)15-27-20-9-7-6-8-18(20)19(26)11-10-16-12-23-24(4)14-16/h6-9,12,14,17,22,25H,5,10-11,13,15H2,1-4H3. The molecule has 1 heterocycles. The van der Waals surface area contributed by atoms with Crippen molar-refractivity contribution in [3.63, 3.8) is 0 Å². The average Bonchev–Trinajstić information content (AvgIpc) is 3.08. The first-order valence-electron chi connectivity index (χ1n) is 9.46. The summed E-state index contributed by atoms with van der Waals surface area (Å²) in [5.74, 6) is 0.539. The lowest BCUT2D eigenvalue weighted by Gasteiger charge is -2.26. The molecule has 0 spiro atoms. The maximum Gasteiger partial charge on any atom is 0.166 e. The van der Waals surface area contributed by atoms with Gasteiger partial charge in [0.1, 0.15) is 18.5 Å². The molecule has 6 heteroatoms. The summed E-state index contributed by atoms with van der Waals surface area (Å²) in [6.07, 6.45) is 5.04. The zero-order valence-electron chi connectivity index (χ0n) is 16.7. The van der Waals surface area contributed by atoms with Crippen LogP contribution < -0.4 is 10.1 Å². The van der Waals surface area contributed by atoms with Crippen molar-refractivity contribution in [2.75, 3.05) is 13.2 Å².